The van der Waals surface area contributed by atoms with Crippen LogP contribution in [0.25, 0.3) is 11.4 Å². The Morgan fingerprint density at radius 1 is 1.23 bits per heavy atom. The molecule has 26 heavy (non-hydrogen) atoms. The van der Waals surface area contributed by atoms with Crippen LogP contribution in [0.1, 0.15) is 25.0 Å². The van der Waals surface area contributed by atoms with Crippen molar-refractivity contribution >= 4 is 15.9 Å². The number of benzene rings is 1. The van der Waals surface area contributed by atoms with Crippen molar-refractivity contribution in [1.29, 1.82) is 0 Å². The summed E-state index contributed by atoms with van der Waals surface area (Å²) < 4.78 is 11.8. The lowest BCUT2D eigenvalue weighted by atomic mass is 10.2. The van der Waals surface area contributed by atoms with E-state index in [2.05, 4.69) is 31.0 Å². The summed E-state index contributed by atoms with van der Waals surface area (Å²) in [5.74, 6) is 2.03. The van der Waals surface area contributed by atoms with Crippen molar-refractivity contribution in [2.75, 3.05) is 13.1 Å². The van der Waals surface area contributed by atoms with Gasteiger partial charge >= 0.3 is 0 Å². The Kier molecular flexibility index (Phi) is 6.60. The molecule has 2 heterocycles. The van der Waals surface area contributed by atoms with Crippen molar-refractivity contribution in [3.05, 3.63) is 58.8 Å². The van der Waals surface area contributed by atoms with Crippen molar-refractivity contribution in [1.82, 2.24) is 15.0 Å². The molecule has 0 saturated carbocycles. The summed E-state index contributed by atoms with van der Waals surface area (Å²) in [6.07, 6.45) is 2.61. The van der Waals surface area contributed by atoms with Gasteiger partial charge in [0, 0.05) is 29.5 Å². The van der Waals surface area contributed by atoms with Gasteiger partial charge in [-0.15, -0.1) is 0 Å². The third kappa shape index (κ3) is 5.27. The Morgan fingerprint density at radius 2 is 2.04 bits per heavy atom. The topological polar surface area (TPSA) is 75.5 Å². The largest absolute Gasteiger partial charge is 0.468 e. The predicted molar refractivity (Wildman–Crippen MR) is 101 cm³/mol. The number of furan rings is 1. The Bertz CT molecular complexity index is 787. The van der Waals surface area contributed by atoms with E-state index in [4.69, 9.17) is 8.94 Å². The highest BCUT2D eigenvalue weighted by Gasteiger charge is 2.15. The molecule has 0 radical (unpaired) electrons. The summed E-state index contributed by atoms with van der Waals surface area (Å²) in [5.41, 5.74) is 0.914. The molecule has 0 aliphatic rings. The zero-order valence-corrected chi connectivity index (χ0v) is 16.2. The molecule has 138 valence electrons. The van der Waals surface area contributed by atoms with Crippen LogP contribution in [0.5, 0.6) is 0 Å². The molecule has 3 aromatic rings. The zero-order valence-electron chi connectivity index (χ0n) is 14.6. The van der Waals surface area contributed by atoms with Gasteiger partial charge in [-0.1, -0.05) is 28.0 Å². The maximum atomic E-state index is 10.0. The standard InChI is InChI=1S/C19H22BrN3O3/c1-2-16(24)12-23(13-17-4-3-11-25-17)10-9-18-21-19(22-26-18)14-5-7-15(20)8-6-14/h3-8,11,16,24H,2,9-10,12-13H2,1H3/t16-/m1/s1. The molecule has 0 bridgehead atoms. The van der Waals surface area contributed by atoms with Crippen LogP contribution in [0.4, 0.5) is 0 Å². The third-order valence-electron chi connectivity index (χ3n) is 4.11. The first kappa shape index (κ1) is 18.8. The molecule has 1 atom stereocenters. The predicted octanol–water partition coefficient (Wildman–Crippen LogP) is 3.91. The molecule has 1 N–H and O–H groups in total. The van der Waals surface area contributed by atoms with Crippen molar-refractivity contribution in [2.24, 2.45) is 0 Å². The van der Waals surface area contributed by atoms with E-state index in [1.165, 1.54) is 0 Å². The van der Waals surface area contributed by atoms with Gasteiger partial charge in [0.15, 0.2) is 0 Å². The van der Waals surface area contributed by atoms with Crippen molar-refractivity contribution in [3.63, 3.8) is 0 Å². The van der Waals surface area contributed by atoms with Gasteiger partial charge in [-0.3, -0.25) is 4.90 Å². The molecule has 0 aliphatic heterocycles. The van der Waals surface area contributed by atoms with Gasteiger partial charge in [-0.05, 0) is 42.8 Å². The van der Waals surface area contributed by atoms with Crippen molar-refractivity contribution < 1.29 is 14.0 Å². The summed E-state index contributed by atoms with van der Waals surface area (Å²) in [5, 5.41) is 14.1. The summed E-state index contributed by atoms with van der Waals surface area (Å²) in [4.78, 5) is 6.61. The molecule has 0 fully saturated rings. The van der Waals surface area contributed by atoms with Gasteiger partial charge in [-0.25, -0.2) is 0 Å². The molecule has 3 rings (SSSR count). The van der Waals surface area contributed by atoms with Gasteiger partial charge in [0.05, 0.1) is 18.9 Å². The molecule has 6 nitrogen and oxygen atoms in total. The monoisotopic (exact) mass is 419 g/mol. The Morgan fingerprint density at radius 3 is 2.73 bits per heavy atom. The molecular weight excluding hydrogens is 398 g/mol. The first-order valence-corrected chi connectivity index (χ1v) is 9.44. The second-order valence-electron chi connectivity index (χ2n) is 6.15. The van der Waals surface area contributed by atoms with Crippen LogP contribution in [0.2, 0.25) is 0 Å². The number of aliphatic hydroxyl groups is 1. The molecule has 0 spiro atoms. The van der Waals surface area contributed by atoms with E-state index in [0.717, 1.165) is 15.8 Å². The van der Waals surface area contributed by atoms with E-state index in [-0.39, 0.29) is 6.10 Å². The van der Waals surface area contributed by atoms with Crippen molar-refractivity contribution in [3.8, 4) is 11.4 Å². The SMILES string of the molecule is CC[C@@H](O)CN(CCc1nc(-c2ccc(Br)cc2)no1)Cc1ccco1. The lowest BCUT2D eigenvalue weighted by molar-refractivity contribution is 0.101. The van der Waals surface area contributed by atoms with Crippen LogP contribution in [-0.4, -0.2) is 39.3 Å². The van der Waals surface area contributed by atoms with Gasteiger partial charge < -0.3 is 14.0 Å². The minimum atomic E-state index is -0.369. The van der Waals surface area contributed by atoms with E-state index < -0.39 is 0 Å². The Labute approximate surface area is 161 Å². The minimum absolute atomic E-state index is 0.369. The molecular formula is C19H22BrN3O3. The number of hydrogen-bond donors (Lipinski definition) is 1. The first-order valence-electron chi connectivity index (χ1n) is 8.65. The smallest absolute Gasteiger partial charge is 0.228 e. The number of aliphatic hydroxyl groups excluding tert-OH is 1. The number of rotatable bonds is 9. The molecule has 0 amide bonds. The highest BCUT2D eigenvalue weighted by Crippen LogP contribution is 2.19. The van der Waals surface area contributed by atoms with Crippen LogP contribution in [0.15, 0.2) is 56.1 Å². The average Bonchev–Trinajstić information content (AvgIpc) is 3.32. The lowest BCUT2D eigenvalue weighted by Crippen LogP contribution is -2.33. The maximum absolute atomic E-state index is 10.0. The molecule has 2 aromatic heterocycles. The minimum Gasteiger partial charge on any atom is -0.468 e. The summed E-state index contributed by atoms with van der Waals surface area (Å²) >= 11 is 3.42. The number of aromatic nitrogens is 2. The fraction of sp³-hybridized carbons (Fsp3) is 0.368. The van der Waals surface area contributed by atoms with E-state index in [9.17, 15) is 5.11 Å². The second kappa shape index (κ2) is 9.12. The second-order valence-corrected chi connectivity index (χ2v) is 7.06. The van der Waals surface area contributed by atoms with Gasteiger partial charge in [-0.2, -0.15) is 4.98 Å². The van der Waals surface area contributed by atoms with E-state index in [1.807, 2.05) is 43.3 Å². The molecule has 0 saturated heterocycles. The van der Waals surface area contributed by atoms with Crippen molar-refractivity contribution in [2.45, 2.75) is 32.4 Å². The maximum Gasteiger partial charge on any atom is 0.228 e. The van der Waals surface area contributed by atoms with Crippen LogP contribution in [-0.2, 0) is 13.0 Å². The fourth-order valence-corrected chi connectivity index (χ4v) is 2.88. The van der Waals surface area contributed by atoms with Crippen LogP contribution >= 0.6 is 15.9 Å². The Hall–Kier alpha value is -1.96. The first-order chi connectivity index (χ1) is 12.6. The number of nitrogens with zero attached hydrogens (tertiary/aromatic N) is 3. The van der Waals surface area contributed by atoms with Gasteiger partial charge in [0.2, 0.25) is 11.7 Å². The average molecular weight is 420 g/mol. The normalized spacial score (nSPS) is 12.6. The molecule has 0 aliphatic carbocycles. The van der Waals surface area contributed by atoms with Gasteiger partial charge in [0.1, 0.15) is 5.76 Å². The molecule has 1 aromatic carbocycles. The van der Waals surface area contributed by atoms with E-state index in [0.29, 0.717) is 44.2 Å². The van der Waals surface area contributed by atoms with Gasteiger partial charge in [0.25, 0.3) is 0 Å². The Balaban J connectivity index is 1.62. The fourth-order valence-electron chi connectivity index (χ4n) is 2.61. The summed E-state index contributed by atoms with van der Waals surface area (Å²) in [6.45, 7) is 3.88. The number of hydrogen-bond acceptors (Lipinski definition) is 6. The lowest BCUT2D eigenvalue weighted by Gasteiger charge is -2.23. The molecule has 0 unspecified atom stereocenters. The van der Waals surface area contributed by atoms with Crippen LogP contribution in [0.3, 0.4) is 0 Å². The molecule has 7 heteroatoms. The summed E-state index contributed by atoms with van der Waals surface area (Å²) in [7, 11) is 0. The van der Waals surface area contributed by atoms with Crippen LogP contribution < -0.4 is 0 Å². The highest BCUT2D eigenvalue weighted by atomic mass is 79.9. The highest BCUT2D eigenvalue weighted by molar-refractivity contribution is 9.10. The van der Waals surface area contributed by atoms with Crippen LogP contribution in [0, 0.1) is 0 Å². The zero-order chi connectivity index (χ0) is 18.4. The third-order valence-corrected chi connectivity index (χ3v) is 4.64. The summed E-state index contributed by atoms with van der Waals surface area (Å²) in [6, 6.07) is 11.6. The van der Waals surface area contributed by atoms with E-state index in [1.54, 1.807) is 6.26 Å². The van der Waals surface area contributed by atoms with E-state index >= 15 is 0 Å². The quantitative estimate of drug-likeness (QED) is 0.566. The number of halogens is 1.